The van der Waals surface area contributed by atoms with Gasteiger partial charge < -0.3 is 19.7 Å². The molecule has 0 aromatic heterocycles. The van der Waals surface area contributed by atoms with Crippen molar-refractivity contribution in [1.29, 1.82) is 0 Å². The molecule has 1 aromatic carbocycles. The molecule has 1 heterocycles. The van der Waals surface area contributed by atoms with Gasteiger partial charge >= 0.3 is 5.97 Å². The molecule has 2 N–H and O–H groups in total. The second kappa shape index (κ2) is 4.96. The number of hydrogen-bond acceptors (Lipinski definition) is 5. The van der Waals surface area contributed by atoms with Gasteiger partial charge in [-0.2, -0.15) is 0 Å². The zero-order chi connectivity index (χ0) is 16.1. The fourth-order valence-electron chi connectivity index (χ4n) is 3.85. The van der Waals surface area contributed by atoms with Crippen molar-refractivity contribution in [2.45, 2.75) is 51.7 Å². The molecule has 1 aliphatic heterocycles. The van der Waals surface area contributed by atoms with Crippen molar-refractivity contribution >= 4 is 5.97 Å². The van der Waals surface area contributed by atoms with E-state index in [-0.39, 0.29) is 18.3 Å². The zero-order valence-electron chi connectivity index (χ0n) is 13.2. The maximum atomic E-state index is 12.5. The van der Waals surface area contributed by atoms with Crippen LogP contribution in [0, 0.1) is 5.41 Å². The summed E-state index contributed by atoms with van der Waals surface area (Å²) in [4.78, 5) is 12.5. The quantitative estimate of drug-likeness (QED) is 0.662. The third-order valence-electron chi connectivity index (χ3n) is 5.40. The minimum Gasteiger partial charge on any atom is -0.508 e. The van der Waals surface area contributed by atoms with Crippen LogP contribution in [0.2, 0.25) is 0 Å². The maximum absolute atomic E-state index is 12.5. The van der Waals surface area contributed by atoms with E-state index in [1.54, 1.807) is 12.1 Å². The standard InChI is InChI=1S/C17H22O5/c1-4-21-9-10-5-14-12(6-13(10)19)16(2)7-11(18)8-17(16,3)15(20)22-14/h5-6,11,18-19H,4,7-9H2,1-3H3/t11-,16+,17+/m0/s1. The van der Waals surface area contributed by atoms with Gasteiger partial charge in [-0.15, -0.1) is 0 Å². The van der Waals surface area contributed by atoms with Gasteiger partial charge in [-0.1, -0.05) is 6.92 Å². The van der Waals surface area contributed by atoms with Gasteiger partial charge in [0.25, 0.3) is 0 Å². The topological polar surface area (TPSA) is 76.0 Å². The van der Waals surface area contributed by atoms with Crippen LogP contribution in [-0.4, -0.2) is 28.9 Å². The van der Waals surface area contributed by atoms with Crippen molar-refractivity contribution < 1.29 is 24.5 Å². The van der Waals surface area contributed by atoms with Crippen LogP contribution in [-0.2, 0) is 21.6 Å². The number of aromatic hydroxyl groups is 1. The predicted molar refractivity (Wildman–Crippen MR) is 79.8 cm³/mol. The summed E-state index contributed by atoms with van der Waals surface area (Å²) in [5, 5.41) is 20.3. The molecule has 22 heavy (non-hydrogen) atoms. The third-order valence-corrected chi connectivity index (χ3v) is 5.40. The van der Waals surface area contributed by atoms with E-state index in [9.17, 15) is 15.0 Å². The van der Waals surface area contributed by atoms with Crippen molar-refractivity contribution in [2.75, 3.05) is 6.61 Å². The van der Waals surface area contributed by atoms with Crippen molar-refractivity contribution in [3.05, 3.63) is 23.3 Å². The van der Waals surface area contributed by atoms with Crippen LogP contribution in [0.5, 0.6) is 11.5 Å². The minimum absolute atomic E-state index is 0.134. The van der Waals surface area contributed by atoms with E-state index in [0.717, 1.165) is 5.56 Å². The number of benzene rings is 1. The van der Waals surface area contributed by atoms with Gasteiger partial charge in [-0.25, -0.2) is 0 Å². The Labute approximate surface area is 129 Å². The number of aliphatic hydroxyl groups is 1. The molecule has 2 aliphatic rings. The summed E-state index contributed by atoms with van der Waals surface area (Å²) in [7, 11) is 0. The Balaban J connectivity index is 2.11. The van der Waals surface area contributed by atoms with E-state index in [2.05, 4.69) is 0 Å². The highest BCUT2D eigenvalue weighted by Crippen LogP contribution is 2.59. The first kappa shape index (κ1) is 15.3. The number of esters is 1. The molecular weight excluding hydrogens is 284 g/mol. The second-order valence-electron chi connectivity index (χ2n) is 6.73. The van der Waals surface area contributed by atoms with Gasteiger partial charge in [0.1, 0.15) is 11.5 Å². The van der Waals surface area contributed by atoms with Gasteiger partial charge in [0.2, 0.25) is 0 Å². The Morgan fingerprint density at radius 2 is 2.00 bits per heavy atom. The number of phenolic OH excluding ortho intramolecular Hbond substituents is 1. The summed E-state index contributed by atoms with van der Waals surface area (Å²) < 4.78 is 10.8. The summed E-state index contributed by atoms with van der Waals surface area (Å²) in [5.41, 5.74) is 0.0643. The lowest BCUT2D eigenvalue weighted by Crippen LogP contribution is -2.48. The molecule has 1 saturated carbocycles. The smallest absolute Gasteiger partial charge is 0.318 e. The number of aliphatic hydroxyl groups excluding tert-OH is 1. The van der Waals surface area contributed by atoms with Gasteiger partial charge in [0.05, 0.1) is 18.1 Å². The number of ether oxygens (including phenoxy) is 2. The fraction of sp³-hybridized carbons (Fsp3) is 0.588. The van der Waals surface area contributed by atoms with Gasteiger partial charge in [0, 0.05) is 23.1 Å². The van der Waals surface area contributed by atoms with Crippen LogP contribution in [0.4, 0.5) is 0 Å². The Bertz CT molecular complexity index is 626. The molecule has 1 aliphatic carbocycles. The Morgan fingerprint density at radius 1 is 1.32 bits per heavy atom. The zero-order valence-corrected chi connectivity index (χ0v) is 13.2. The number of carbonyl (C=O) groups is 1. The molecule has 0 amide bonds. The number of carbonyl (C=O) groups excluding carboxylic acids is 1. The van der Waals surface area contributed by atoms with Gasteiger partial charge in [0.15, 0.2) is 0 Å². The van der Waals surface area contributed by atoms with E-state index in [4.69, 9.17) is 9.47 Å². The highest BCUT2D eigenvalue weighted by Gasteiger charge is 2.61. The monoisotopic (exact) mass is 306 g/mol. The number of phenols is 1. The third kappa shape index (κ3) is 1.96. The van der Waals surface area contributed by atoms with Crippen molar-refractivity contribution in [3.8, 4) is 11.5 Å². The van der Waals surface area contributed by atoms with Crippen LogP contribution in [0.15, 0.2) is 12.1 Å². The molecule has 120 valence electrons. The Morgan fingerprint density at radius 3 is 2.68 bits per heavy atom. The molecule has 5 nitrogen and oxygen atoms in total. The van der Waals surface area contributed by atoms with E-state index in [0.29, 0.717) is 30.8 Å². The molecule has 0 bridgehead atoms. The molecular formula is C17H22O5. The van der Waals surface area contributed by atoms with Gasteiger partial charge in [-0.05, 0) is 38.8 Å². The maximum Gasteiger partial charge on any atom is 0.318 e. The molecule has 1 fully saturated rings. The molecule has 0 spiro atoms. The minimum atomic E-state index is -0.771. The fourth-order valence-corrected chi connectivity index (χ4v) is 3.85. The Kier molecular flexibility index (Phi) is 3.45. The normalized spacial score (nSPS) is 33.3. The summed E-state index contributed by atoms with van der Waals surface area (Å²) in [6.45, 7) is 6.48. The van der Waals surface area contributed by atoms with Crippen molar-refractivity contribution in [2.24, 2.45) is 5.41 Å². The Hall–Kier alpha value is -1.59. The number of fused-ring (bicyclic) bond motifs is 3. The first-order valence-electron chi connectivity index (χ1n) is 7.66. The van der Waals surface area contributed by atoms with E-state index >= 15 is 0 Å². The average molecular weight is 306 g/mol. The van der Waals surface area contributed by atoms with Crippen LogP contribution < -0.4 is 4.74 Å². The van der Waals surface area contributed by atoms with Crippen molar-refractivity contribution in [1.82, 2.24) is 0 Å². The molecule has 5 heteroatoms. The summed E-state index contributed by atoms with van der Waals surface area (Å²) in [6.07, 6.45) is 0.317. The van der Waals surface area contributed by atoms with Crippen LogP contribution in [0.25, 0.3) is 0 Å². The lowest BCUT2D eigenvalue weighted by molar-refractivity contribution is -0.150. The highest BCUT2D eigenvalue weighted by molar-refractivity contribution is 5.85. The summed E-state index contributed by atoms with van der Waals surface area (Å²) in [6, 6.07) is 3.33. The predicted octanol–water partition coefficient (Wildman–Crippen LogP) is 2.27. The second-order valence-corrected chi connectivity index (χ2v) is 6.73. The lowest BCUT2D eigenvalue weighted by atomic mass is 9.62. The average Bonchev–Trinajstić information content (AvgIpc) is 2.70. The molecule has 0 radical (unpaired) electrons. The van der Waals surface area contributed by atoms with E-state index in [1.165, 1.54) is 0 Å². The first-order valence-corrected chi connectivity index (χ1v) is 7.66. The van der Waals surface area contributed by atoms with Gasteiger partial charge in [-0.3, -0.25) is 4.79 Å². The van der Waals surface area contributed by atoms with Crippen LogP contribution in [0.1, 0.15) is 44.7 Å². The molecule has 3 atom stereocenters. The summed E-state index contributed by atoms with van der Waals surface area (Å²) >= 11 is 0. The highest BCUT2D eigenvalue weighted by atomic mass is 16.5. The SMILES string of the molecule is CCOCc1cc2c(cc1O)[C@@]1(C)C[C@H](O)C[C@]1(C)C(=O)O2. The lowest BCUT2D eigenvalue weighted by Gasteiger charge is -2.43. The van der Waals surface area contributed by atoms with E-state index < -0.39 is 16.9 Å². The number of rotatable bonds is 3. The van der Waals surface area contributed by atoms with E-state index in [1.807, 2.05) is 20.8 Å². The molecule has 0 unspecified atom stereocenters. The first-order chi connectivity index (χ1) is 10.3. The number of hydrogen-bond donors (Lipinski definition) is 2. The van der Waals surface area contributed by atoms with Crippen molar-refractivity contribution in [3.63, 3.8) is 0 Å². The molecule has 3 rings (SSSR count). The van der Waals surface area contributed by atoms with Crippen LogP contribution >= 0.6 is 0 Å². The largest absolute Gasteiger partial charge is 0.508 e. The molecule has 0 saturated heterocycles. The molecule has 1 aromatic rings. The van der Waals surface area contributed by atoms with Crippen LogP contribution in [0.3, 0.4) is 0 Å². The summed E-state index contributed by atoms with van der Waals surface area (Å²) in [5.74, 6) is 0.286.